The van der Waals surface area contributed by atoms with Crippen LogP contribution in [-0.4, -0.2) is 25.3 Å². The van der Waals surface area contributed by atoms with E-state index in [1.54, 1.807) is 24.3 Å². The number of carbonyl (C=O) groups excluding carboxylic acids is 1. The molecule has 0 atom stereocenters. The minimum absolute atomic E-state index is 0.317. The van der Waals surface area contributed by atoms with E-state index >= 15 is 0 Å². The average Bonchev–Trinajstić information content (AvgIpc) is 2.83. The number of amides is 1. The molecule has 6 nitrogen and oxygen atoms in total. The van der Waals surface area contributed by atoms with Crippen LogP contribution in [0.3, 0.4) is 0 Å². The van der Waals surface area contributed by atoms with E-state index in [1.807, 2.05) is 55.5 Å². The van der Waals surface area contributed by atoms with Crippen LogP contribution in [0.2, 0.25) is 5.02 Å². The van der Waals surface area contributed by atoms with Gasteiger partial charge in [0.15, 0.2) is 11.5 Å². The SMILES string of the molecule is C=CCOc1ccc(C(=O)N/N=C/c2ccccc2OCc2ccccc2Cl)cc1OCC. The number of benzene rings is 3. The van der Waals surface area contributed by atoms with E-state index in [4.69, 9.17) is 25.8 Å². The number of nitrogens with zero attached hydrogens (tertiary/aromatic N) is 1. The maximum atomic E-state index is 12.6. The van der Waals surface area contributed by atoms with Gasteiger partial charge in [0.2, 0.25) is 0 Å². The predicted molar refractivity (Wildman–Crippen MR) is 131 cm³/mol. The van der Waals surface area contributed by atoms with Gasteiger partial charge in [-0.3, -0.25) is 4.79 Å². The molecule has 7 heteroatoms. The normalized spacial score (nSPS) is 10.6. The monoisotopic (exact) mass is 464 g/mol. The highest BCUT2D eigenvalue weighted by atomic mass is 35.5. The summed E-state index contributed by atoms with van der Waals surface area (Å²) in [6.07, 6.45) is 3.17. The molecule has 1 N–H and O–H groups in total. The molecule has 33 heavy (non-hydrogen) atoms. The van der Waals surface area contributed by atoms with Crippen LogP contribution in [0.25, 0.3) is 0 Å². The first-order valence-electron chi connectivity index (χ1n) is 10.4. The van der Waals surface area contributed by atoms with Crippen LogP contribution in [0.15, 0.2) is 84.5 Å². The van der Waals surface area contributed by atoms with Gasteiger partial charge in [-0.25, -0.2) is 5.43 Å². The lowest BCUT2D eigenvalue weighted by molar-refractivity contribution is 0.0954. The Balaban J connectivity index is 1.66. The average molecular weight is 465 g/mol. The van der Waals surface area contributed by atoms with Crippen molar-refractivity contribution in [3.63, 3.8) is 0 Å². The number of ether oxygens (including phenoxy) is 3. The first-order chi connectivity index (χ1) is 16.1. The van der Waals surface area contributed by atoms with Crippen molar-refractivity contribution in [2.75, 3.05) is 13.2 Å². The number of hydrogen-bond donors (Lipinski definition) is 1. The Hall–Kier alpha value is -3.77. The Labute approximate surface area is 198 Å². The highest BCUT2D eigenvalue weighted by Crippen LogP contribution is 2.28. The molecule has 3 aromatic carbocycles. The summed E-state index contributed by atoms with van der Waals surface area (Å²) >= 11 is 6.20. The zero-order valence-corrected chi connectivity index (χ0v) is 19.0. The number of carbonyl (C=O) groups is 1. The summed E-state index contributed by atoms with van der Waals surface area (Å²) in [7, 11) is 0. The van der Waals surface area contributed by atoms with E-state index < -0.39 is 0 Å². The molecule has 0 aromatic heterocycles. The fourth-order valence-corrected chi connectivity index (χ4v) is 3.09. The van der Waals surface area contributed by atoms with Gasteiger partial charge >= 0.3 is 0 Å². The molecule has 0 saturated heterocycles. The molecular formula is C26H25ClN2O4. The highest BCUT2D eigenvalue weighted by Gasteiger charge is 2.11. The second-order valence-corrected chi connectivity index (χ2v) is 7.22. The second-order valence-electron chi connectivity index (χ2n) is 6.81. The third-order valence-corrected chi connectivity index (χ3v) is 4.86. The first-order valence-corrected chi connectivity index (χ1v) is 10.8. The first kappa shape index (κ1) is 23.9. The van der Waals surface area contributed by atoms with E-state index in [0.29, 0.717) is 53.2 Å². The lowest BCUT2D eigenvalue weighted by Gasteiger charge is -2.12. The molecule has 170 valence electrons. The van der Waals surface area contributed by atoms with Gasteiger partial charge < -0.3 is 14.2 Å². The summed E-state index contributed by atoms with van der Waals surface area (Å²) < 4.78 is 17.1. The zero-order valence-electron chi connectivity index (χ0n) is 18.3. The van der Waals surface area contributed by atoms with Crippen molar-refractivity contribution < 1.29 is 19.0 Å². The van der Waals surface area contributed by atoms with Gasteiger partial charge in [0, 0.05) is 21.7 Å². The maximum Gasteiger partial charge on any atom is 0.271 e. The van der Waals surface area contributed by atoms with Gasteiger partial charge in [-0.1, -0.05) is 54.6 Å². The Morgan fingerprint density at radius 1 is 1.00 bits per heavy atom. The molecule has 0 aliphatic heterocycles. The lowest BCUT2D eigenvalue weighted by Crippen LogP contribution is -2.18. The molecule has 0 radical (unpaired) electrons. The van der Waals surface area contributed by atoms with Crippen LogP contribution in [0, 0.1) is 0 Å². The number of nitrogens with one attached hydrogen (secondary N) is 1. The molecule has 0 saturated carbocycles. The third-order valence-electron chi connectivity index (χ3n) is 4.49. The maximum absolute atomic E-state index is 12.6. The number of hydrazone groups is 1. The Kier molecular flexibility index (Phi) is 8.91. The Bertz CT molecular complexity index is 1130. The van der Waals surface area contributed by atoms with Crippen LogP contribution in [0.1, 0.15) is 28.4 Å². The van der Waals surface area contributed by atoms with Crippen molar-refractivity contribution in [3.8, 4) is 17.2 Å². The van der Waals surface area contributed by atoms with Crippen LogP contribution >= 0.6 is 11.6 Å². The van der Waals surface area contributed by atoms with Crippen LogP contribution in [0.4, 0.5) is 0 Å². The smallest absolute Gasteiger partial charge is 0.271 e. The second kappa shape index (κ2) is 12.3. The number of halogens is 1. The van der Waals surface area contributed by atoms with E-state index in [0.717, 1.165) is 5.56 Å². The van der Waals surface area contributed by atoms with Gasteiger partial charge in [-0.2, -0.15) is 5.10 Å². The molecule has 0 spiro atoms. The van der Waals surface area contributed by atoms with Crippen LogP contribution in [-0.2, 0) is 6.61 Å². The van der Waals surface area contributed by atoms with Crippen molar-refractivity contribution in [1.29, 1.82) is 0 Å². The van der Waals surface area contributed by atoms with Crippen molar-refractivity contribution >= 4 is 23.7 Å². The summed E-state index contributed by atoms with van der Waals surface area (Å²) in [5.41, 5.74) is 4.52. The summed E-state index contributed by atoms with van der Waals surface area (Å²) in [4.78, 5) is 12.6. The topological polar surface area (TPSA) is 69.2 Å². The highest BCUT2D eigenvalue weighted by molar-refractivity contribution is 6.31. The summed E-state index contributed by atoms with van der Waals surface area (Å²) in [5.74, 6) is 1.27. The largest absolute Gasteiger partial charge is 0.490 e. The summed E-state index contributed by atoms with van der Waals surface area (Å²) in [5, 5.41) is 4.72. The standard InChI is InChI=1S/C26H25ClN2O4/c1-3-15-32-24-14-13-19(16-25(24)31-4-2)26(30)29-28-17-20-9-6-8-12-23(20)33-18-21-10-5-7-11-22(21)27/h3,5-14,16-17H,1,4,15,18H2,2H3,(H,29,30)/b28-17+. The zero-order chi connectivity index (χ0) is 23.5. The summed E-state index contributed by atoms with van der Waals surface area (Å²) in [6, 6.07) is 19.8. The van der Waals surface area contributed by atoms with Crippen molar-refractivity contribution in [3.05, 3.63) is 101 Å². The third kappa shape index (κ3) is 6.85. The van der Waals surface area contributed by atoms with Crippen molar-refractivity contribution in [1.82, 2.24) is 5.43 Å². The Morgan fingerprint density at radius 3 is 2.58 bits per heavy atom. The van der Waals surface area contributed by atoms with Gasteiger partial charge in [0.1, 0.15) is 19.0 Å². The lowest BCUT2D eigenvalue weighted by atomic mass is 10.2. The van der Waals surface area contributed by atoms with Crippen molar-refractivity contribution in [2.45, 2.75) is 13.5 Å². The van der Waals surface area contributed by atoms with Crippen LogP contribution < -0.4 is 19.6 Å². The van der Waals surface area contributed by atoms with E-state index in [-0.39, 0.29) is 5.91 Å². The quantitative estimate of drug-likeness (QED) is 0.226. The molecule has 3 aromatic rings. The number of rotatable bonds is 11. The number of hydrogen-bond acceptors (Lipinski definition) is 5. The fraction of sp³-hybridized carbons (Fsp3) is 0.154. The van der Waals surface area contributed by atoms with Gasteiger partial charge in [0.25, 0.3) is 5.91 Å². The molecule has 0 fully saturated rings. The van der Waals surface area contributed by atoms with Crippen molar-refractivity contribution in [2.24, 2.45) is 5.10 Å². The molecular weight excluding hydrogens is 440 g/mol. The van der Waals surface area contributed by atoms with Gasteiger partial charge in [0.05, 0.1) is 12.8 Å². The molecule has 0 heterocycles. The van der Waals surface area contributed by atoms with Gasteiger partial charge in [-0.15, -0.1) is 0 Å². The molecule has 3 rings (SSSR count). The predicted octanol–water partition coefficient (Wildman–Crippen LogP) is 5.65. The van der Waals surface area contributed by atoms with Gasteiger partial charge in [-0.05, 0) is 43.3 Å². The molecule has 0 bridgehead atoms. The van der Waals surface area contributed by atoms with E-state index in [1.165, 1.54) is 6.21 Å². The molecule has 1 amide bonds. The Morgan fingerprint density at radius 2 is 1.79 bits per heavy atom. The molecule has 0 unspecified atom stereocenters. The molecule has 0 aliphatic carbocycles. The van der Waals surface area contributed by atoms with Crippen LogP contribution in [0.5, 0.6) is 17.2 Å². The fourth-order valence-electron chi connectivity index (χ4n) is 2.90. The van der Waals surface area contributed by atoms with E-state index in [9.17, 15) is 4.79 Å². The minimum Gasteiger partial charge on any atom is -0.490 e. The molecule has 0 aliphatic rings. The number of para-hydroxylation sites is 1. The van der Waals surface area contributed by atoms with E-state index in [2.05, 4.69) is 17.1 Å². The summed E-state index contributed by atoms with van der Waals surface area (Å²) in [6.45, 7) is 6.59. The minimum atomic E-state index is -0.378.